The maximum atomic E-state index is 5.97. The van der Waals surface area contributed by atoms with Crippen LogP contribution in [-0.4, -0.2) is 15.0 Å². The molecule has 0 aliphatic heterocycles. The molecule has 2 N–H and O–H groups in total. The number of rotatable bonds is 2. The Hall–Kier alpha value is -1.98. The minimum Gasteiger partial charge on any atom is -0.383 e. The van der Waals surface area contributed by atoms with Gasteiger partial charge in [-0.3, -0.25) is 4.98 Å². The van der Waals surface area contributed by atoms with Crippen LogP contribution in [0.4, 0.5) is 5.82 Å². The molecular weight excluding hydrogens is 352 g/mol. The Balaban J connectivity index is 2.16. The number of hydrogen-bond acceptors (Lipinski definition) is 4. The molecule has 4 nitrogen and oxygen atoms in total. The first-order valence-electron chi connectivity index (χ1n) is 6.15. The molecule has 0 fully saturated rings. The fourth-order valence-corrected chi connectivity index (χ4v) is 2.39. The number of halogens is 2. The van der Waals surface area contributed by atoms with Crippen LogP contribution in [0.2, 0.25) is 5.02 Å². The lowest BCUT2D eigenvalue weighted by molar-refractivity contribution is 1.14. The van der Waals surface area contributed by atoms with E-state index in [0.717, 1.165) is 11.3 Å². The summed E-state index contributed by atoms with van der Waals surface area (Å²) in [4.78, 5) is 13.1. The molecule has 0 bridgehead atoms. The molecule has 0 atom stereocenters. The van der Waals surface area contributed by atoms with Gasteiger partial charge in [-0.15, -0.1) is 0 Å². The van der Waals surface area contributed by atoms with Crippen molar-refractivity contribution in [3.63, 3.8) is 0 Å². The molecule has 0 aliphatic rings. The molecule has 6 heteroatoms. The van der Waals surface area contributed by atoms with E-state index < -0.39 is 0 Å². The summed E-state index contributed by atoms with van der Waals surface area (Å²) in [6.45, 7) is 0. The second-order valence-electron chi connectivity index (χ2n) is 4.32. The Bertz CT molecular complexity index is 776. The van der Waals surface area contributed by atoms with Crippen LogP contribution in [0.25, 0.3) is 22.8 Å². The minimum atomic E-state index is 0.371. The molecule has 2 aromatic heterocycles. The Kier molecular flexibility index (Phi) is 3.86. The lowest BCUT2D eigenvalue weighted by atomic mass is 10.1. The molecule has 104 valence electrons. The number of aromatic nitrogens is 3. The van der Waals surface area contributed by atoms with Gasteiger partial charge in [-0.25, -0.2) is 9.97 Å². The first-order valence-corrected chi connectivity index (χ1v) is 7.32. The fourth-order valence-electron chi connectivity index (χ4n) is 1.87. The van der Waals surface area contributed by atoms with Gasteiger partial charge in [0.2, 0.25) is 0 Å². The standard InChI is InChI=1S/C15H10BrClN4/c16-12-13(9-4-2-1-3-5-9)20-15(21-14(12)18)11-7-6-10(17)8-19-11/h1-8H,(H2,18,20,21). The number of benzene rings is 1. The predicted octanol–water partition coefficient (Wildman–Crippen LogP) is 4.20. The zero-order chi connectivity index (χ0) is 14.8. The molecule has 2 heterocycles. The van der Waals surface area contributed by atoms with Crippen LogP contribution >= 0.6 is 27.5 Å². The van der Waals surface area contributed by atoms with Gasteiger partial charge in [0.05, 0.1) is 15.2 Å². The van der Waals surface area contributed by atoms with Crippen LogP contribution in [0.1, 0.15) is 0 Å². The topological polar surface area (TPSA) is 64.7 Å². The van der Waals surface area contributed by atoms with Crippen LogP contribution in [0.5, 0.6) is 0 Å². The molecule has 1 aromatic carbocycles. The number of pyridine rings is 1. The first-order chi connectivity index (χ1) is 10.1. The van der Waals surface area contributed by atoms with Crippen molar-refractivity contribution in [1.29, 1.82) is 0 Å². The van der Waals surface area contributed by atoms with Crippen molar-refractivity contribution in [1.82, 2.24) is 15.0 Å². The maximum Gasteiger partial charge on any atom is 0.180 e. The molecule has 0 saturated heterocycles. The van der Waals surface area contributed by atoms with Crippen molar-refractivity contribution < 1.29 is 0 Å². The van der Waals surface area contributed by atoms with E-state index in [9.17, 15) is 0 Å². The van der Waals surface area contributed by atoms with Gasteiger partial charge in [-0.2, -0.15) is 0 Å². The lowest BCUT2D eigenvalue weighted by Crippen LogP contribution is -2.01. The van der Waals surface area contributed by atoms with Gasteiger partial charge in [0.25, 0.3) is 0 Å². The molecule has 0 unspecified atom stereocenters. The van der Waals surface area contributed by atoms with E-state index in [1.807, 2.05) is 30.3 Å². The van der Waals surface area contributed by atoms with Gasteiger partial charge in [-0.1, -0.05) is 41.9 Å². The van der Waals surface area contributed by atoms with Gasteiger partial charge < -0.3 is 5.73 Å². The molecule has 0 aliphatic carbocycles. The average Bonchev–Trinajstić information content (AvgIpc) is 2.51. The third-order valence-corrected chi connectivity index (χ3v) is 3.89. The minimum absolute atomic E-state index is 0.371. The summed E-state index contributed by atoms with van der Waals surface area (Å²) in [5, 5.41) is 0.562. The summed E-state index contributed by atoms with van der Waals surface area (Å²) in [5.41, 5.74) is 8.28. The molecule has 0 amide bonds. The van der Waals surface area contributed by atoms with E-state index in [0.29, 0.717) is 26.8 Å². The zero-order valence-electron chi connectivity index (χ0n) is 10.8. The molecule has 0 spiro atoms. The van der Waals surface area contributed by atoms with Gasteiger partial charge in [0.15, 0.2) is 5.82 Å². The van der Waals surface area contributed by atoms with Crippen molar-refractivity contribution in [3.8, 4) is 22.8 Å². The Morgan fingerprint density at radius 2 is 1.76 bits per heavy atom. The molecule has 21 heavy (non-hydrogen) atoms. The highest BCUT2D eigenvalue weighted by Gasteiger charge is 2.13. The summed E-state index contributed by atoms with van der Waals surface area (Å²) in [6, 6.07) is 13.3. The molecule has 3 rings (SSSR count). The number of hydrogen-bond donors (Lipinski definition) is 1. The number of nitrogens with zero attached hydrogens (tertiary/aromatic N) is 3. The zero-order valence-corrected chi connectivity index (χ0v) is 13.1. The van der Waals surface area contributed by atoms with Crippen LogP contribution in [0, 0.1) is 0 Å². The van der Waals surface area contributed by atoms with Crippen LogP contribution in [0.3, 0.4) is 0 Å². The molecule has 3 aromatic rings. The highest BCUT2D eigenvalue weighted by Crippen LogP contribution is 2.31. The van der Waals surface area contributed by atoms with Crippen LogP contribution < -0.4 is 5.73 Å². The molecular formula is C15H10BrClN4. The molecule has 0 saturated carbocycles. The Morgan fingerprint density at radius 3 is 2.43 bits per heavy atom. The van der Waals surface area contributed by atoms with E-state index in [1.54, 1.807) is 18.3 Å². The van der Waals surface area contributed by atoms with Gasteiger partial charge in [-0.05, 0) is 28.1 Å². The monoisotopic (exact) mass is 360 g/mol. The van der Waals surface area contributed by atoms with Gasteiger partial charge in [0.1, 0.15) is 11.5 Å². The van der Waals surface area contributed by atoms with Crippen molar-refractivity contribution in [2.75, 3.05) is 5.73 Å². The Morgan fingerprint density at radius 1 is 1.00 bits per heavy atom. The quantitative estimate of drug-likeness (QED) is 0.743. The maximum absolute atomic E-state index is 5.97. The van der Waals surface area contributed by atoms with E-state index in [1.165, 1.54) is 0 Å². The van der Waals surface area contributed by atoms with Crippen molar-refractivity contribution in [2.24, 2.45) is 0 Å². The third kappa shape index (κ3) is 2.89. The lowest BCUT2D eigenvalue weighted by Gasteiger charge is -2.09. The smallest absolute Gasteiger partial charge is 0.180 e. The van der Waals surface area contributed by atoms with Crippen molar-refractivity contribution in [2.45, 2.75) is 0 Å². The SMILES string of the molecule is Nc1nc(-c2ccc(Cl)cn2)nc(-c2ccccc2)c1Br. The second kappa shape index (κ2) is 5.79. The third-order valence-electron chi connectivity index (χ3n) is 2.88. The number of nitrogen functional groups attached to an aromatic ring is 1. The van der Waals surface area contributed by atoms with E-state index in [-0.39, 0.29) is 0 Å². The average molecular weight is 362 g/mol. The second-order valence-corrected chi connectivity index (χ2v) is 5.55. The van der Waals surface area contributed by atoms with Crippen molar-refractivity contribution in [3.05, 3.63) is 58.2 Å². The largest absolute Gasteiger partial charge is 0.383 e. The summed E-state index contributed by atoms with van der Waals surface area (Å²) in [7, 11) is 0. The van der Waals surface area contributed by atoms with Crippen molar-refractivity contribution >= 4 is 33.3 Å². The number of nitrogens with two attached hydrogens (primary N) is 1. The summed E-state index contributed by atoms with van der Waals surface area (Å²) in [5.74, 6) is 0.835. The summed E-state index contributed by atoms with van der Waals surface area (Å²) >= 11 is 9.29. The first kappa shape index (κ1) is 14.0. The van der Waals surface area contributed by atoms with E-state index in [4.69, 9.17) is 17.3 Å². The van der Waals surface area contributed by atoms with Gasteiger partial charge >= 0.3 is 0 Å². The van der Waals surface area contributed by atoms with Gasteiger partial charge in [0, 0.05) is 11.8 Å². The summed E-state index contributed by atoms with van der Waals surface area (Å²) < 4.78 is 0.673. The van der Waals surface area contributed by atoms with Crippen LogP contribution in [0.15, 0.2) is 53.1 Å². The van der Waals surface area contributed by atoms with Crippen LogP contribution in [-0.2, 0) is 0 Å². The molecule has 0 radical (unpaired) electrons. The van der Waals surface area contributed by atoms with E-state index >= 15 is 0 Å². The Labute approximate surface area is 135 Å². The van der Waals surface area contributed by atoms with E-state index in [2.05, 4.69) is 30.9 Å². The predicted molar refractivity (Wildman–Crippen MR) is 87.8 cm³/mol. The summed E-state index contributed by atoms with van der Waals surface area (Å²) in [6.07, 6.45) is 1.56. The highest BCUT2D eigenvalue weighted by atomic mass is 79.9. The normalized spacial score (nSPS) is 10.6. The number of anilines is 1. The fraction of sp³-hybridized carbons (Fsp3) is 0. The highest BCUT2D eigenvalue weighted by molar-refractivity contribution is 9.10.